The predicted octanol–water partition coefficient (Wildman–Crippen LogP) is 7.10. The van der Waals surface area contributed by atoms with Crippen molar-refractivity contribution in [3.05, 3.63) is 65.6 Å². The second-order valence-corrected chi connectivity index (χ2v) is 10.3. The maximum Gasteiger partial charge on any atom is 0.123 e. The summed E-state index contributed by atoms with van der Waals surface area (Å²) < 4.78 is 19.8. The fraction of sp³-hybridized carbons (Fsp3) is 0.500. The topological polar surface area (TPSA) is 45.2 Å². The van der Waals surface area contributed by atoms with Gasteiger partial charge < -0.3 is 14.8 Å². The molecular formula is C28H36FNO2. The van der Waals surface area contributed by atoms with Gasteiger partial charge in [0.15, 0.2) is 0 Å². The normalized spacial score (nSPS) is 18.4. The Kier molecular flexibility index (Phi) is 6.35. The molecule has 1 saturated carbocycles. The standard InChI is InChI=1S/C28H36FNO2/c1-19(25-16-20-10-8-9-13-24(20)30-25)28(31,21-11-6-5-7-12-21)18-27(2,3)23-17-22(29)14-15-26(23)32-4/h8-10,13-17,19,21,30-31H,5-7,11-12,18H2,1-4H3. The molecule has 0 saturated heterocycles. The highest BCUT2D eigenvalue weighted by molar-refractivity contribution is 5.80. The van der Waals surface area contributed by atoms with Crippen molar-refractivity contribution in [3.63, 3.8) is 0 Å². The second-order valence-electron chi connectivity index (χ2n) is 10.3. The zero-order valence-electron chi connectivity index (χ0n) is 19.7. The van der Waals surface area contributed by atoms with Crippen molar-refractivity contribution in [2.75, 3.05) is 7.11 Å². The maximum absolute atomic E-state index is 14.2. The summed E-state index contributed by atoms with van der Waals surface area (Å²) in [5.74, 6) is 0.507. The van der Waals surface area contributed by atoms with Crippen LogP contribution in [-0.4, -0.2) is 22.8 Å². The number of ether oxygens (including phenoxy) is 1. The minimum absolute atomic E-state index is 0.0863. The quantitative estimate of drug-likeness (QED) is 0.414. The first-order valence-corrected chi connectivity index (χ1v) is 11.9. The molecular weight excluding hydrogens is 401 g/mol. The van der Waals surface area contributed by atoms with Crippen molar-refractivity contribution >= 4 is 10.9 Å². The summed E-state index contributed by atoms with van der Waals surface area (Å²) in [5, 5.41) is 13.6. The lowest BCUT2D eigenvalue weighted by Crippen LogP contribution is -2.48. The molecule has 2 N–H and O–H groups in total. The summed E-state index contributed by atoms with van der Waals surface area (Å²) in [4.78, 5) is 3.55. The van der Waals surface area contributed by atoms with Gasteiger partial charge in [0.2, 0.25) is 0 Å². The number of hydrogen-bond donors (Lipinski definition) is 2. The Hall–Kier alpha value is -2.33. The molecule has 0 aliphatic heterocycles. The van der Waals surface area contributed by atoms with Gasteiger partial charge in [0.05, 0.1) is 12.7 Å². The number of para-hydroxylation sites is 1. The fourth-order valence-corrected chi connectivity index (χ4v) is 5.86. The smallest absolute Gasteiger partial charge is 0.123 e. The molecule has 2 atom stereocenters. The average molecular weight is 438 g/mol. The van der Waals surface area contributed by atoms with Gasteiger partial charge >= 0.3 is 0 Å². The van der Waals surface area contributed by atoms with Crippen LogP contribution in [0.1, 0.15) is 76.5 Å². The summed E-state index contributed by atoms with van der Waals surface area (Å²) in [5.41, 5.74) is 1.55. The van der Waals surface area contributed by atoms with Crippen molar-refractivity contribution in [1.29, 1.82) is 0 Å². The number of aromatic nitrogens is 1. The molecule has 0 radical (unpaired) electrons. The molecule has 1 aliphatic carbocycles. The second kappa shape index (κ2) is 8.90. The Morgan fingerprint density at radius 3 is 2.50 bits per heavy atom. The van der Waals surface area contributed by atoms with Crippen LogP contribution in [0, 0.1) is 11.7 Å². The Morgan fingerprint density at radius 1 is 1.09 bits per heavy atom. The lowest BCUT2D eigenvalue weighted by Gasteiger charge is -2.47. The van der Waals surface area contributed by atoms with E-state index in [2.05, 4.69) is 44.0 Å². The van der Waals surface area contributed by atoms with Gasteiger partial charge in [-0.15, -0.1) is 0 Å². The number of rotatable bonds is 7. The van der Waals surface area contributed by atoms with Crippen LogP contribution in [0.4, 0.5) is 4.39 Å². The molecule has 0 amide bonds. The molecule has 1 aromatic heterocycles. The molecule has 1 fully saturated rings. The lowest BCUT2D eigenvalue weighted by atomic mass is 9.62. The van der Waals surface area contributed by atoms with Gasteiger partial charge in [0.25, 0.3) is 0 Å². The molecule has 4 heteroatoms. The van der Waals surface area contributed by atoms with Gasteiger partial charge in [0, 0.05) is 22.7 Å². The third kappa shape index (κ3) is 4.30. The Bertz CT molecular complexity index is 1030. The monoisotopic (exact) mass is 437 g/mol. The Balaban J connectivity index is 1.75. The van der Waals surface area contributed by atoms with Gasteiger partial charge in [-0.3, -0.25) is 0 Å². The molecule has 0 spiro atoms. The molecule has 3 aromatic rings. The highest BCUT2D eigenvalue weighted by Crippen LogP contribution is 2.49. The largest absolute Gasteiger partial charge is 0.496 e. The first-order chi connectivity index (χ1) is 15.2. The van der Waals surface area contributed by atoms with Crippen LogP contribution in [0.2, 0.25) is 0 Å². The van der Waals surface area contributed by atoms with E-state index in [-0.39, 0.29) is 17.7 Å². The van der Waals surface area contributed by atoms with E-state index in [1.807, 2.05) is 12.1 Å². The van der Waals surface area contributed by atoms with Crippen LogP contribution in [0.5, 0.6) is 5.75 Å². The number of aliphatic hydroxyl groups is 1. The number of nitrogens with one attached hydrogen (secondary N) is 1. The van der Waals surface area contributed by atoms with E-state index in [1.54, 1.807) is 19.2 Å². The van der Waals surface area contributed by atoms with Gasteiger partial charge in [-0.1, -0.05) is 58.2 Å². The summed E-state index contributed by atoms with van der Waals surface area (Å²) >= 11 is 0. The highest BCUT2D eigenvalue weighted by atomic mass is 19.1. The van der Waals surface area contributed by atoms with E-state index in [9.17, 15) is 9.50 Å². The number of hydrogen-bond acceptors (Lipinski definition) is 2. The van der Waals surface area contributed by atoms with E-state index in [1.165, 1.54) is 12.5 Å². The van der Waals surface area contributed by atoms with Crippen molar-refractivity contribution in [1.82, 2.24) is 4.98 Å². The van der Waals surface area contributed by atoms with Crippen molar-refractivity contribution in [2.45, 2.75) is 76.2 Å². The highest BCUT2D eigenvalue weighted by Gasteiger charge is 2.47. The number of aromatic amines is 1. The molecule has 32 heavy (non-hydrogen) atoms. The minimum atomic E-state index is -0.928. The molecule has 1 heterocycles. The van der Waals surface area contributed by atoms with Gasteiger partial charge in [-0.2, -0.15) is 0 Å². The van der Waals surface area contributed by atoms with Crippen molar-refractivity contribution in [2.24, 2.45) is 5.92 Å². The first kappa shape index (κ1) is 22.8. The van der Waals surface area contributed by atoms with Crippen LogP contribution < -0.4 is 4.74 Å². The fourth-order valence-electron chi connectivity index (χ4n) is 5.86. The molecule has 2 aromatic carbocycles. The van der Waals surface area contributed by atoms with Crippen LogP contribution >= 0.6 is 0 Å². The average Bonchev–Trinajstić information content (AvgIpc) is 3.23. The van der Waals surface area contributed by atoms with E-state index in [4.69, 9.17) is 4.74 Å². The van der Waals surface area contributed by atoms with Crippen molar-refractivity contribution < 1.29 is 14.2 Å². The third-order valence-corrected chi connectivity index (χ3v) is 7.70. The summed E-state index contributed by atoms with van der Waals surface area (Å²) in [7, 11) is 1.62. The van der Waals surface area contributed by atoms with E-state index in [0.29, 0.717) is 12.2 Å². The zero-order valence-corrected chi connectivity index (χ0v) is 19.7. The lowest BCUT2D eigenvalue weighted by molar-refractivity contribution is -0.0726. The van der Waals surface area contributed by atoms with Crippen LogP contribution in [-0.2, 0) is 5.41 Å². The van der Waals surface area contributed by atoms with Gasteiger partial charge in [-0.25, -0.2) is 4.39 Å². The molecule has 4 rings (SSSR count). The van der Waals surface area contributed by atoms with E-state index < -0.39 is 11.0 Å². The maximum atomic E-state index is 14.2. The van der Waals surface area contributed by atoms with Crippen LogP contribution in [0.25, 0.3) is 10.9 Å². The number of H-pyrrole nitrogens is 1. The minimum Gasteiger partial charge on any atom is -0.496 e. The predicted molar refractivity (Wildman–Crippen MR) is 129 cm³/mol. The molecule has 3 nitrogen and oxygen atoms in total. The van der Waals surface area contributed by atoms with Crippen LogP contribution in [0.3, 0.4) is 0 Å². The zero-order chi connectivity index (χ0) is 22.9. The molecule has 2 unspecified atom stereocenters. The molecule has 172 valence electrons. The number of fused-ring (bicyclic) bond motifs is 1. The number of benzene rings is 2. The van der Waals surface area contributed by atoms with E-state index >= 15 is 0 Å². The number of methoxy groups -OCH3 is 1. The van der Waals surface area contributed by atoms with E-state index in [0.717, 1.165) is 47.8 Å². The third-order valence-electron chi connectivity index (χ3n) is 7.70. The van der Waals surface area contributed by atoms with Gasteiger partial charge in [-0.05, 0) is 66.3 Å². The van der Waals surface area contributed by atoms with Crippen LogP contribution in [0.15, 0.2) is 48.5 Å². The Labute approximate surface area is 191 Å². The first-order valence-electron chi connectivity index (χ1n) is 11.9. The molecule has 1 aliphatic rings. The summed E-state index contributed by atoms with van der Waals surface area (Å²) in [6.45, 7) is 6.32. The summed E-state index contributed by atoms with van der Waals surface area (Å²) in [6, 6.07) is 15.1. The number of halogens is 1. The summed E-state index contributed by atoms with van der Waals surface area (Å²) in [6.07, 6.45) is 6.11. The Morgan fingerprint density at radius 2 is 1.81 bits per heavy atom. The SMILES string of the molecule is COc1ccc(F)cc1C(C)(C)CC(O)(C1CCCCC1)C(C)c1cc2ccccc2[nH]1. The van der Waals surface area contributed by atoms with Gasteiger partial charge in [0.1, 0.15) is 11.6 Å². The van der Waals surface area contributed by atoms with Crippen molar-refractivity contribution in [3.8, 4) is 5.75 Å². The molecule has 0 bridgehead atoms.